The highest BCUT2D eigenvalue weighted by Crippen LogP contribution is 1.91. The first kappa shape index (κ1) is 6.74. The van der Waals surface area contributed by atoms with E-state index in [1.807, 2.05) is 12.2 Å². The summed E-state index contributed by atoms with van der Waals surface area (Å²) in [5.41, 5.74) is 0. The van der Waals surface area contributed by atoms with Gasteiger partial charge in [-0.15, -0.1) is 0 Å². The molecule has 0 bridgehead atoms. The smallest absolute Gasteiger partial charge is 0.146 e. The highest BCUT2D eigenvalue weighted by Gasteiger charge is 1.81. The fourth-order valence-electron chi connectivity index (χ4n) is 0.532. The van der Waals surface area contributed by atoms with Crippen LogP contribution in [0, 0.1) is 0 Å². The monoisotopic (exact) mass is 135 g/mol. The van der Waals surface area contributed by atoms with Crippen LogP contribution in [0.25, 0.3) is 0 Å². The minimum atomic E-state index is 0.513. The zero-order valence-electron chi connectivity index (χ0n) is 5.62. The molecule has 1 heterocycles. The summed E-state index contributed by atoms with van der Waals surface area (Å²) in [5, 5.41) is 2.94. The lowest BCUT2D eigenvalue weighted by molar-refractivity contribution is 1.06. The second kappa shape index (κ2) is 3.61. The van der Waals surface area contributed by atoms with E-state index >= 15 is 0 Å². The van der Waals surface area contributed by atoms with Gasteiger partial charge in [0.25, 0.3) is 0 Å². The number of allylic oxidation sites excluding steroid dienone is 1. The van der Waals surface area contributed by atoms with Gasteiger partial charge in [0, 0.05) is 12.8 Å². The summed E-state index contributed by atoms with van der Waals surface area (Å²) in [5.74, 6) is 0.513. The Morgan fingerprint density at radius 2 is 2.40 bits per heavy atom. The standard InChI is InChI=1S/C7H9N3/c1-7-9-5-3-2-4-8-6-10-7/h2-3,5-6H,1,4H2,(H,8,10)/b3-2-,9-5?. The van der Waals surface area contributed by atoms with Crippen molar-refractivity contribution >= 4 is 12.6 Å². The minimum absolute atomic E-state index is 0.513. The van der Waals surface area contributed by atoms with Crippen LogP contribution in [-0.2, 0) is 0 Å². The summed E-state index contributed by atoms with van der Waals surface area (Å²) >= 11 is 0. The average molecular weight is 135 g/mol. The van der Waals surface area contributed by atoms with Gasteiger partial charge in [0.2, 0.25) is 0 Å². The van der Waals surface area contributed by atoms with E-state index in [2.05, 4.69) is 21.9 Å². The fourth-order valence-corrected chi connectivity index (χ4v) is 0.532. The number of aliphatic imine (C=N–C) groups is 2. The highest BCUT2D eigenvalue weighted by molar-refractivity contribution is 5.73. The Balaban J connectivity index is 2.64. The maximum atomic E-state index is 3.90. The number of hydrogen-bond acceptors (Lipinski definition) is 3. The van der Waals surface area contributed by atoms with Crippen molar-refractivity contribution in [1.29, 1.82) is 0 Å². The Kier molecular flexibility index (Phi) is 2.43. The van der Waals surface area contributed by atoms with E-state index in [9.17, 15) is 0 Å². The van der Waals surface area contributed by atoms with Gasteiger partial charge in [0.05, 0.1) is 6.34 Å². The number of nitrogens with zero attached hydrogens (tertiary/aromatic N) is 2. The highest BCUT2D eigenvalue weighted by atomic mass is 15.0. The predicted octanol–water partition coefficient (Wildman–Crippen LogP) is 0.716. The van der Waals surface area contributed by atoms with Crippen molar-refractivity contribution in [3.05, 3.63) is 24.6 Å². The Morgan fingerprint density at radius 1 is 1.50 bits per heavy atom. The average Bonchev–Trinajstić information content (AvgIpc) is 2.02. The van der Waals surface area contributed by atoms with E-state index in [-0.39, 0.29) is 0 Å². The maximum absolute atomic E-state index is 3.90. The van der Waals surface area contributed by atoms with E-state index < -0.39 is 0 Å². The van der Waals surface area contributed by atoms with Crippen molar-refractivity contribution < 1.29 is 0 Å². The Bertz CT molecular complexity index is 201. The van der Waals surface area contributed by atoms with Crippen molar-refractivity contribution in [3.8, 4) is 0 Å². The van der Waals surface area contributed by atoms with Gasteiger partial charge in [0.15, 0.2) is 0 Å². The molecule has 0 aromatic carbocycles. The molecule has 3 heteroatoms. The van der Waals surface area contributed by atoms with Gasteiger partial charge in [-0.3, -0.25) is 0 Å². The quantitative estimate of drug-likeness (QED) is 0.522. The lowest BCUT2D eigenvalue weighted by Crippen LogP contribution is -2.09. The summed E-state index contributed by atoms with van der Waals surface area (Å²) in [6.07, 6.45) is 7.07. The van der Waals surface area contributed by atoms with Crippen LogP contribution in [0.2, 0.25) is 0 Å². The summed E-state index contributed by atoms with van der Waals surface area (Å²) in [4.78, 5) is 7.77. The molecule has 1 rings (SSSR count). The van der Waals surface area contributed by atoms with Gasteiger partial charge in [-0.2, -0.15) is 0 Å². The van der Waals surface area contributed by atoms with Gasteiger partial charge in [-0.05, 0) is 6.08 Å². The van der Waals surface area contributed by atoms with E-state index in [0.29, 0.717) is 5.82 Å². The third kappa shape index (κ3) is 2.26. The molecule has 1 N–H and O–H groups in total. The summed E-state index contributed by atoms with van der Waals surface area (Å²) in [6, 6.07) is 0. The first-order chi connectivity index (χ1) is 4.89. The number of nitrogens with one attached hydrogen (secondary N) is 1. The molecule has 0 spiro atoms. The molecule has 0 aliphatic carbocycles. The first-order valence-electron chi connectivity index (χ1n) is 3.03. The van der Waals surface area contributed by atoms with Crippen LogP contribution in [0.1, 0.15) is 0 Å². The molecule has 0 saturated carbocycles. The maximum Gasteiger partial charge on any atom is 0.146 e. The molecule has 1 aliphatic rings. The van der Waals surface area contributed by atoms with Crippen molar-refractivity contribution in [2.45, 2.75) is 0 Å². The number of hydrogen-bond donors (Lipinski definition) is 1. The van der Waals surface area contributed by atoms with Gasteiger partial charge in [-0.1, -0.05) is 12.7 Å². The Labute approximate surface area is 59.9 Å². The van der Waals surface area contributed by atoms with E-state index in [1.165, 1.54) is 0 Å². The van der Waals surface area contributed by atoms with Crippen molar-refractivity contribution in [2.24, 2.45) is 9.98 Å². The molecule has 0 amide bonds. The topological polar surface area (TPSA) is 36.8 Å². The van der Waals surface area contributed by atoms with E-state index in [0.717, 1.165) is 6.54 Å². The summed E-state index contributed by atoms with van der Waals surface area (Å²) in [7, 11) is 0. The zero-order chi connectivity index (χ0) is 7.23. The van der Waals surface area contributed by atoms with E-state index in [1.54, 1.807) is 12.6 Å². The fraction of sp³-hybridized carbons (Fsp3) is 0.143. The zero-order valence-corrected chi connectivity index (χ0v) is 5.62. The first-order valence-corrected chi connectivity index (χ1v) is 3.03. The summed E-state index contributed by atoms with van der Waals surface area (Å²) in [6.45, 7) is 4.37. The molecule has 0 fully saturated rings. The van der Waals surface area contributed by atoms with Crippen molar-refractivity contribution in [3.63, 3.8) is 0 Å². The molecule has 3 nitrogen and oxygen atoms in total. The van der Waals surface area contributed by atoms with Crippen LogP contribution in [-0.4, -0.2) is 19.1 Å². The lowest BCUT2D eigenvalue weighted by Gasteiger charge is -1.89. The van der Waals surface area contributed by atoms with Crippen LogP contribution >= 0.6 is 0 Å². The van der Waals surface area contributed by atoms with Crippen LogP contribution in [0.4, 0.5) is 0 Å². The second-order valence-electron chi connectivity index (χ2n) is 1.79. The van der Waals surface area contributed by atoms with Gasteiger partial charge < -0.3 is 5.32 Å². The third-order valence-corrected chi connectivity index (χ3v) is 0.986. The molecule has 10 heavy (non-hydrogen) atoms. The Morgan fingerprint density at radius 3 is 3.30 bits per heavy atom. The largest absolute Gasteiger partial charge is 0.373 e. The molecule has 0 saturated heterocycles. The predicted molar refractivity (Wildman–Crippen MR) is 43.3 cm³/mol. The van der Waals surface area contributed by atoms with Crippen LogP contribution in [0.3, 0.4) is 0 Å². The van der Waals surface area contributed by atoms with Crippen LogP contribution in [0.5, 0.6) is 0 Å². The number of rotatable bonds is 0. The molecular weight excluding hydrogens is 126 g/mol. The Hall–Kier alpha value is -1.38. The van der Waals surface area contributed by atoms with Crippen LogP contribution < -0.4 is 5.32 Å². The molecule has 0 radical (unpaired) electrons. The molecule has 0 aromatic rings. The molecule has 0 aromatic heterocycles. The van der Waals surface area contributed by atoms with E-state index in [4.69, 9.17) is 0 Å². The van der Waals surface area contributed by atoms with Gasteiger partial charge >= 0.3 is 0 Å². The SMILES string of the molecule is C=C1N=C/C=C\CNC=N1. The molecule has 1 aliphatic heterocycles. The third-order valence-electron chi connectivity index (χ3n) is 0.986. The molecule has 0 atom stereocenters. The van der Waals surface area contributed by atoms with Crippen LogP contribution in [0.15, 0.2) is 34.5 Å². The van der Waals surface area contributed by atoms with Crippen molar-refractivity contribution in [2.75, 3.05) is 6.54 Å². The summed E-state index contributed by atoms with van der Waals surface area (Å²) < 4.78 is 0. The minimum Gasteiger partial charge on any atom is -0.373 e. The van der Waals surface area contributed by atoms with Gasteiger partial charge in [0.1, 0.15) is 5.82 Å². The molecular formula is C7H9N3. The second-order valence-corrected chi connectivity index (χ2v) is 1.79. The lowest BCUT2D eigenvalue weighted by atomic mass is 10.5. The van der Waals surface area contributed by atoms with Crippen molar-refractivity contribution in [1.82, 2.24) is 5.32 Å². The van der Waals surface area contributed by atoms with Gasteiger partial charge in [-0.25, -0.2) is 9.98 Å². The normalized spacial score (nSPS) is 20.6. The molecule has 0 unspecified atom stereocenters. The molecule has 52 valence electrons.